The van der Waals surface area contributed by atoms with Crippen molar-refractivity contribution < 1.29 is 9.53 Å². The summed E-state index contributed by atoms with van der Waals surface area (Å²) < 4.78 is 5.87. The van der Waals surface area contributed by atoms with E-state index < -0.39 is 0 Å². The number of fused-ring (bicyclic) bond motifs is 2. The smallest absolute Gasteiger partial charge is 0.225 e. The van der Waals surface area contributed by atoms with Gasteiger partial charge in [-0.1, -0.05) is 12.1 Å². The van der Waals surface area contributed by atoms with Gasteiger partial charge in [0, 0.05) is 44.4 Å². The summed E-state index contributed by atoms with van der Waals surface area (Å²) in [7, 11) is 0. The predicted octanol–water partition coefficient (Wildman–Crippen LogP) is 3.83. The zero-order chi connectivity index (χ0) is 21.8. The summed E-state index contributed by atoms with van der Waals surface area (Å²) in [6.07, 6.45) is 8.28. The Hall–Kier alpha value is -2.60. The van der Waals surface area contributed by atoms with E-state index in [1.165, 1.54) is 24.9 Å². The first-order chi connectivity index (χ1) is 15.8. The highest BCUT2D eigenvalue weighted by Gasteiger charge is 2.22. The number of pyridine rings is 1. The summed E-state index contributed by atoms with van der Waals surface area (Å²) in [5, 5.41) is 2.90. The molecule has 0 unspecified atom stereocenters. The van der Waals surface area contributed by atoms with Crippen molar-refractivity contribution in [2.75, 3.05) is 49.5 Å². The Kier molecular flexibility index (Phi) is 6.58. The minimum Gasteiger partial charge on any atom is -0.478 e. The molecule has 1 fully saturated rings. The number of amides is 1. The standard InChI is InChI=1S/C26H34N4O2/c31-24-11-5-8-21-12-13-25(28-26(21)27-24)32-19-2-1-14-29-15-17-30(18-16-29)23-10-4-7-20-6-3-9-22(20)23/h4,7,10,12-13H,1-3,5-6,8-9,11,14-19H2,(H,27,28,31). The first-order valence-corrected chi connectivity index (χ1v) is 12.3. The number of nitrogens with one attached hydrogen (secondary N) is 1. The molecule has 0 bridgehead atoms. The van der Waals surface area contributed by atoms with E-state index in [1.54, 1.807) is 11.1 Å². The lowest BCUT2D eigenvalue weighted by Gasteiger charge is -2.37. The Morgan fingerprint density at radius 2 is 1.75 bits per heavy atom. The number of piperazine rings is 1. The molecule has 5 rings (SSSR count). The lowest BCUT2D eigenvalue weighted by molar-refractivity contribution is -0.116. The van der Waals surface area contributed by atoms with Crippen LogP contribution in [0.1, 0.15) is 48.8 Å². The first kappa shape index (κ1) is 21.3. The fourth-order valence-corrected chi connectivity index (χ4v) is 5.22. The molecule has 1 aromatic carbocycles. The molecule has 0 radical (unpaired) electrons. The third kappa shape index (κ3) is 4.90. The normalized spacial score (nSPS) is 18.6. The van der Waals surface area contributed by atoms with Gasteiger partial charge < -0.3 is 15.0 Å². The number of carbonyl (C=O) groups is 1. The summed E-state index contributed by atoms with van der Waals surface area (Å²) in [6.45, 7) is 6.30. The molecule has 1 N–H and O–H groups in total. The highest BCUT2D eigenvalue weighted by Crippen LogP contribution is 2.31. The molecule has 6 nitrogen and oxygen atoms in total. The van der Waals surface area contributed by atoms with E-state index in [0.29, 0.717) is 24.7 Å². The number of nitrogens with zero attached hydrogens (tertiary/aromatic N) is 3. The number of aryl methyl sites for hydroxylation is 2. The van der Waals surface area contributed by atoms with Gasteiger partial charge in [0.05, 0.1) is 6.61 Å². The molecule has 0 saturated carbocycles. The number of ether oxygens (including phenoxy) is 1. The molecule has 1 saturated heterocycles. The second-order valence-corrected chi connectivity index (χ2v) is 9.21. The lowest BCUT2D eigenvalue weighted by Crippen LogP contribution is -2.47. The topological polar surface area (TPSA) is 57.7 Å². The van der Waals surface area contributed by atoms with E-state index >= 15 is 0 Å². The minimum atomic E-state index is 0.0464. The molecule has 170 valence electrons. The molecule has 2 aliphatic heterocycles. The average Bonchev–Trinajstić information content (AvgIpc) is 3.22. The average molecular weight is 435 g/mol. The van der Waals surface area contributed by atoms with Crippen molar-refractivity contribution in [1.29, 1.82) is 0 Å². The fraction of sp³-hybridized carbons (Fsp3) is 0.538. The molecular weight excluding hydrogens is 400 g/mol. The fourth-order valence-electron chi connectivity index (χ4n) is 5.22. The summed E-state index contributed by atoms with van der Waals surface area (Å²) in [5.41, 5.74) is 5.75. The molecule has 0 atom stereocenters. The first-order valence-electron chi connectivity index (χ1n) is 12.3. The van der Waals surface area contributed by atoms with Crippen LogP contribution in [-0.2, 0) is 24.1 Å². The quantitative estimate of drug-likeness (QED) is 0.672. The minimum absolute atomic E-state index is 0.0464. The van der Waals surface area contributed by atoms with E-state index in [4.69, 9.17) is 4.74 Å². The van der Waals surface area contributed by atoms with E-state index in [0.717, 1.165) is 64.0 Å². The SMILES string of the molecule is O=C1CCCc2ccc(OCCCCN3CCN(c4cccc5c4CCC5)CC3)nc2N1. The number of anilines is 2. The maximum atomic E-state index is 11.8. The number of rotatable bonds is 7. The van der Waals surface area contributed by atoms with E-state index in [2.05, 4.69) is 38.3 Å². The Morgan fingerprint density at radius 3 is 2.66 bits per heavy atom. The van der Waals surface area contributed by atoms with Crippen molar-refractivity contribution >= 4 is 17.4 Å². The van der Waals surface area contributed by atoms with Crippen LogP contribution in [0.2, 0.25) is 0 Å². The monoisotopic (exact) mass is 434 g/mol. The van der Waals surface area contributed by atoms with Crippen LogP contribution >= 0.6 is 0 Å². The molecule has 32 heavy (non-hydrogen) atoms. The van der Waals surface area contributed by atoms with Crippen LogP contribution in [0.4, 0.5) is 11.5 Å². The Bertz CT molecular complexity index is 953. The number of carbonyl (C=O) groups excluding carboxylic acids is 1. The molecule has 6 heteroatoms. The van der Waals surface area contributed by atoms with E-state index in [1.807, 2.05) is 12.1 Å². The van der Waals surface area contributed by atoms with Gasteiger partial charge in [-0.3, -0.25) is 9.69 Å². The second kappa shape index (κ2) is 9.90. The second-order valence-electron chi connectivity index (χ2n) is 9.21. The van der Waals surface area contributed by atoms with Crippen molar-refractivity contribution in [3.8, 4) is 5.88 Å². The third-order valence-electron chi connectivity index (χ3n) is 7.01. The number of unbranched alkanes of at least 4 members (excludes halogenated alkanes) is 1. The number of hydrogen-bond acceptors (Lipinski definition) is 5. The Labute approximate surface area is 191 Å². The predicted molar refractivity (Wildman–Crippen MR) is 128 cm³/mol. The van der Waals surface area contributed by atoms with Gasteiger partial charge in [-0.15, -0.1) is 0 Å². The van der Waals surface area contributed by atoms with Crippen molar-refractivity contribution in [2.45, 2.75) is 51.4 Å². The third-order valence-corrected chi connectivity index (χ3v) is 7.01. The van der Waals surface area contributed by atoms with Gasteiger partial charge >= 0.3 is 0 Å². The largest absolute Gasteiger partial charge is 0.478 e. The van der Waals surface area contributed by atoms with E-state index in [-0.39, 0.29) is 5.91 Å². The van der Waals surface area contributed by atoms with Gasteiger partial charge in [0.25, 0.3) is 0 Å². The molecular formula is C26H34N4O2. The zero-order valence-electron chi connectivity index (χ0n) is 18.9. The van der Waals surface area contributed by atoms with Crippen LogP contribution < -0.4 is 15.0 Å². The Morgan fingerprint density at radius 1 is 0.906 bits per heavy atom. The van der Waals surface area contributed by atoms with Crippen LogP contribution in [0.3, 0.4) is 0 Å². The van der Waals surface area contributed by atoms with Crippen molar-refractivity contribution in [3.05, 3.63) is 47.0 Å². The number of aromatic nitrogens is 1. The highest BCUT2D eigenvalue weighted by molar-refractivity contribution is 5.91. The van der Waals surface area contributed by atoms with Crippen molar-refractivity contribution in [2.24, 2.45) is 0 Å². The molecule has 1 amide bonds. The van der Waals surface area contributed by atoms with Crippen LogP contribution in [0.5, 0.6) is 5.88 Å². The summed E-state index contributed by atoms with van der Waals surface area (Å²) in [4.78, 5) is 21.4. The summed E-state index contributed by atoms with van der Waals surface area (Å²) in [5.74, 6) is 1.33. The summed E-state index contributed by atoms with van der Waals surface area (Å²) >= 11 is 0. The molecule has 0 spiro atoms. The molecule has 2 aromatic rings. The Balaban J connectivity index is 1.03. The number of benzene rings is 1. The van der Waals surface area contributed by atoms with Gasteiger partial charge in [-0.2, -0.15) is 4.98 Å². The van der Waals surface area contributed by atoms with Crippen LogP contribution in [0.25, 0.3) is 0 Å². The lowest BCUT2D eigenvalue weighted by atomic mass is 10.1. The van der Waals surface area contributed by atoms with Gasteiger partial charge in [0.15, 0.2) is 0 Å². The molecule has 3 heterocycles. The van der Waals surface area contributed by atoms with Gasteiger partial charge in [-0.05, 0) is 80.3 Å². The van der Waals surface area contributed by atoms with Crippen LogP contribution in [0.15, 0.2) is 30.3 Å². The molecule has 3 aliphatic rings. The molecule has 1 aromatic heterocycles. The van der Waals surface area contributed by atoms with E-state index in [9.17, 15) is 4.79 Å². The zero-order valence-corrected chi connectivity index (χ0v) is 18.9. The van der Waals surface area contributed by atoms with Crippen molar-refractivity contribution in [1.82, 2.24) is 9.88 Å². The van der Waals surface area contributed by atoms with Gasteiger partial charge in [0.2, 0.25) is 11.8 Å². The molecule has 1 aliphatic carbocycles. The highest BCUT2D eigenvalue weighted by atomic mass is 16.5. The van der Waals surface area contributed by atoms with Crippen LogP contribution in [-0.4, -0.2) is 55.1 Å². The summed E-state index contributed by atoms with van der Waals surface area (Å²) in [6, 6.07) is 10.8. The van der Waals surface area contributed by atoms with Crippen LogP contribution in [0, 0.1) is 0 Å². The van der Waals surface area contributed by atoms with Gasteiger partial charge in [0.1, 0.15) is 5.82 Å². The maximum absolute atomic E-state index is 11.8. The maximum Gasteiger partial charge on any atom is 0.225 e. The van der Waals surface area contributed by atoms with Crippen molar-refractivity contribution in [3.63, 3.8) is 0 Å². The number of hydrogen-bond donors (Lipinski definition) is 1. The van der Waals surface area contributed by atoms with Gasteiger partial charge in [-0.25, -0.2) is 0 Å².